The lowest BCUT2D eigenvalue weighted by Gasteiger charge is -2.22. The molecular weight excluding hydrogens is 280 g/mol. The molecule has 118 valence electrons. The minimum absolute atomic E-state index is 0.368. The molecule has 1 saturated carbocycles. The summed E-state index contributed by atoms with van der Waals surface area (Å²) in [4.78, 5) is 24.4. The van der Waals surface area contributed by atoms with Gasteiger partial charge in [0.15, 0.2) is 5.41 Å². The van der Waals surface area contributed by atoms with E-state index in [0.717, 1.165) is 11.1 Å². The van der Waals surface area contributed by atoms with Crippen molar-refractivity contribution in [2.75, 3.05) is 14.2 Å². The van der Waals surface area contributed by atoms with Crippen molar-refractivity contribution in [1.82, 2.24) is 0 Å². The zero-order valence-electron chi connectivity index (χ0n) is 13.2. The van der Waals surface area contributed by atoms with Gasteiger partial charge in [0.05, 0.1) is 14.2 Å². The number of carbonyl (C=O) groups is 2. The van der Waals surface area contributed by atoms with Crippen molar-refractivity contribution < 1.29 is 19.1 Å². The van der Waals surface area contributed by atoms with E-state index in [1.165, 1.54) is 45.5 Å². The van der Waals surface area contributed by atoms with Crippen molar-refractivity contribution in [3.05, 3.63) is 34.9 Å². The van der Waals surface area contributed by atoms with Crippen molar-refractivity contribution in [2.45, 2.75) is 44.4 Å². The average Bonchev–Trinajstić information content (AvgIpc) is 3.20. The normalized spacial score (nSPS) is 19.7. The molecule has 0 radical (unpaired) electrons. The van der Waals surface area contributed by atoms with Crippen molar-refractivity contribution in [2.24, 2.45) is 5.41 Å². The first-order valence-electron chi connectivity index (χ1n) is 7.89. The fourth-order valence-corrected chi connectivity index (χ4v) is 3.97. The summed E-state index contributed by atoms with van der Waals surface area (Å²) in [6, 6.07) is 6.40. The van der Waals surface area contributed by atoms with Gasteiger partial charge in [-0.1, -0.05) is 31.0 Å². The zero-order chi connectivity index (χ0) is 15.7. The zero-order valence-corrected chi connectivity index (χ0v) is 13.2. The van der Waals surface area contributed by atoms with Gasteiger partial charge in [-0.2, -0.15) is 0 Å². The molecule has 2 aliphatic rings. The summed E-state index contributed by atoms with van der Waals surface area (Å²) in [6.45, 7) is 0. The summed E-state index contributed by atoms with van der Waals surface area (Å²) in [5.41, 5.74) is 2.26. The van der Waals surface area contributed by atoms with Crippen molar-refractivity contribution in [1.29, 1.82) is 0 Å². The van der Waals surface area contributed by atoms with Crippen LogP contribution in [0.25, 0.3) is 0 Å². The van der Waals surface area contributed by atoms with Crippen LogP contribution in [0.3, 0.4) is 0 Å². The number of methoxy groups -OCH3 is 2. The highest BCUT2D eigenvalue weighted by Crippen LogP contribution is 2.42. The molecule has 0 bridgehead atoms. The van der Waals surface area contributed by atoms with E-state index in [1.807, 2.05) is 0 Å². The lowest BCUT2D eigenvalue weighted by atomic mass is 9.85. The second-order valence-electron chi connectivity index (χ2n) is 6.43. The highest BCUT2D eigenvalue weighted by molar-refractivity contribution is 6.01. The quantitative estimate of drug-likeness (QED) is 0.636. The van der Waals surface area contributed by atoms with Crippen LogP contribution in [0.15, 0.2) is 18.2 Å². The van der Waals surface area contributed by atoms with Gasteiger partial charge in [0.2, 0.25) is 0 Å². The molecule has 1 fully saturated rings. The Hall–Kier alpha value is -1.84. The maximum atomic E-state index is 12.2. The predicted octanol–water partition coefficient (Wildman–Crippen LogP) is 2.78. The van der Waals surface area contributed by atoms with Crippen LogP contribution in [0.4, 0.5) is 0 Å². The second-order valence-corrected chi connectivity index (χ2v) is 6.43. The van der Waals surface area contributed by atoms with Gasteiger partial charge in [-0.15, -0.1) is 0 Å². The van der Waals surface area contributed by atoms with Crippen LogP contribution >= 0.6 is 0 Å². The molecule has 3 rings (SSSR count). The molecule has 0 spiro atoms. The number of fused-ring (bicyclic) bond motifs is 1. The van der Waals surface area contributed by atoms with E-state index in [2.05, 4.69) is 18.2 Å². The van der Waals surface area contributed by atoms with E-state index < -0.39 is 17.4 Å². The van der Waals surface area contributed by atoms with Gasteiger partial charge in [0, 0.05) is 0 Å². The van der Waals surface area contributed by atoms with Gasteiger partial charge in [-0.3, -0.25) is 9.59 Å². The van der Waals surface area contributed by atoms with Crippen molar-refractivity contribution in [3.8, 4) is 0 Å². The number of carbonyl (C=O) groups excluding carboxylic acids is 2. The molecule has 2 aliphatic carbocycles. The third-order valence-corrected chi connectivity index (χ3v) is 5.19. The lowest BCUT2D eigenvalue weighted by molar-refractivity contribution is -0.168. The van der Waals surface area contributed by atoms with Crippen molar-refractivity contribution >= 4 is 11.9 Å². The Bertz CT molecular complexity index is 583. The molecule has 22 heavy (non-hydrogen) atoms. The van der Waals surface area contributed by atoms with E-state index in [0.29, 0.717) is 18.8 Å². The van der Waals surface area contributed by atoms with E-state index in [9.17, 15) is 9.59 Å². The molecule has 0 heterocycles. The molecule has 0 saturated heterocycles. The van der Waals surface area contributed by atoms with E-state index in [4.69, 9.17) is 9.47 Å². The largest absolute Gasteiger partial charge is 0.468 e. The van der Waals surface area contributed by atoms with Crippen LogP contribution in [-0.2, 0) is 31.9 Å². The molecule has 0 N–H and O–H groups in total. The Balaban J connectivity index is 1.92. The topological polar surface area (TPSA) is 52.6 Å². The molecule has 0 atom stereocenters. The SMILES string of the molecule is COC(=O)C1(C(=O)OC)Cc2ccc(C3CCCC3)cc2C1. The summed E-state index contributed by atoms with van der Waals surface area (Å²) in [6.07, 6.45) is 5.79. The standard InChI is InChI=1S/C18H22O4/c1-21-16(19)18(17(20)22-2)10-14-8-7-13(9-15(14)11-18)12-5-3-4-6-12/h7-9,12H,3-6,10-11H2,1-2H3. The highest BCUT2D eigenvalue weighted by atomic mass is 16.5. The molecule has 0 amide bonds. The Morgan fingerprint density at radius 3 is 2.18 bits per heavy atom. The van der Waals surface area contributed by atoms with Gasteiger partial charge in [0.1, 0.15) is 0 Å². The van der Waals surface area contributed by atoms with Crippen LogP contribution in [-0.4, -0.2) is 26.2 Å². The monoisotopic (exact) mass is 302 g/mol. The lowest BCUT2D eigenvalue weighted by Crippen LogP contribution is -2.42. The minimum atomic E-state index is -1.21. The molecule has 0 unspecified atom stereocenters. The van der Waals surface area contributed by atoms with Gasteiger partial charge < -0.3 is 9.47 Å². The van der Waals surface area contributed by atoms with Crippen LogP contribution < -0.4 is 0 Å². The van der Waals surface area contributed by atoms with E-state index in [-0.39, 0.29) is 0 Å². The molecular formula is C18H22O4. The number of ether oxygens (including phenoxy) is 2. The Kier molecular flexibility index (Phi) is 3.94. The van der Waals surface area contributed by atoms with E-state index >= 15 is 0 Å². The summed E-state index contributed by atoms with van der Waals surface area (Å²) in [7, 11) is 2.64. The Morgan fingerprint density at radius 2 is 1.59 bits per heavy atom. The third-order valence-electron chi connectivity index (χ3n) is 5.19. The number of hydrogen-bond acceptors (Lipinski definition) is 4. The van der Waals surface area contributed by atoms with Gasteiger partial charge >= 0.3 is 11.9 Å². The van der Waals surface area contributed by atoms with Crippen LogP contribution in [0.2, 0.25) is 0 Å². The third kappa shape index (κ3) is 2.31. The van der Waals surface area contributed by atoms with Crippen LogP contribution in [0, 0.1) is 5.41 Å². The van der Waals surface area contributed by atoms with Gasteiger partial charge in [-0.05, 0) is 48.3 Å². The van der Waals surface area contributed by atoms with Gasteiger partial charge in [-0.25, -0.2) is 0 Å². The molecule has 4 nitrogen and oxygen atoms in total. The molecule has 1 aromatic carbocycles. The fraction of sp³-hybridized carbons (Fsp3) is 0.556. The molecule has 0 aromatic heterocycles. The average molecular weight is 302 g/mol. The first kappa shape index (κ1) is 15.1. The van der Waals surface area contributed by atoms with Crippen LogP contribution in [0.1, 0.15) is 48.3 Å². The first-order chi connectivity index (χ1) is 10.6. The predicted molar refractivity (Wildman–Crippen MR) is 81.5 cm³/mol. The second kappa shape index (κ2) is 5.75. The van der Waals surface area contributed by atoms with E-state index in [1.54, 1.807) is 0 Å². The maximum absolute atomic E-state index is 12.2. The molecule has 1 aromatic rings. The molecule has 0 aliphatic heterocycles. The highest BCUT2D eigenvalue weighted by Gasteiger charge is 2.52. The van der Waals surface area contributed by atoms with Gasteiger partial charge in [0.25, 0.3) is 0 Å². The van der Waals surface area contributed by atoms with Crippen LogP contribution in [0.5, 0.6) is 0 Å². The smallest absolute Gasteiger partial charge is 0.323 e. The summed E-state index contributed by atoms with van der Waals surface area (Å²) in [5, 5.41) is 0. The maximum Gasteiger partial charge on any atom is 0.323 e. The number of esters is 2. The Morgan fingerprint density at radius 1 is 1.00 bits per heavy atom. The van der Waals surface area contributed by atoms with Crippen molar-refractivity contribution in [3.63, 3.8) is 0 Å². The summed E-state index contributed by atoms with van der Waals surface area (Å²) in [5.74, 6) is -0.382. The number of hydrogen-bond donors (Lipinski definition) is 0. The first-order valence-corrected chi connectivity index (χ1v) is 7.89. The fourth-order valence-electron chi connectivity index (χ4n) is 3.97. The number of benzene rings is 1. The summed E-state index contributed by atoms with van der Waals surface area (Å²) < 4.78 is 9.76. The number of rotatable bonds is 3. The Labute approximate surface area is 130 Å². The molecule has 4 heteroatoms. The minimum Gasteiger partial charge on any atom is -0.468 e. The summed E-state index contributed by atoms with van der Waals surface area (Å²) >= 11 is 0.